The molecule has 2 rings (SSSR count). The van der Waals surface area contributed by atoms with Crippen molar-refractivity contribution in [2.45, 2.75) is 20.0 Å². The number of carbonyl (C=O) groups excluding carboxylic acids is 3. The van der Waals surface area contributed by atoms with Gasteiger partial charge in [-0.25, -0.2) is 9.59 Å². The molecule has 0 aromatic heterocycles. The summed E-state index contributed by atoms with van der Waals surface area (Å²) in [6.45, 7) is 2.88. The summed E-state index contributed by atoms with van der Waals surface area (Å²) in [5.74, 6) is -1.62. The molecule has 0 aliphatic rings. The zero-order valence-corrected chi connectivity index (χ0v) is 16.2. The molecule has 0 aliphatic carbocycles. The van der Waals surface area contributed by atoms with Crippen molar-refractivity contribution in [3.8, 4) is 16.9 Å². The molecule has 148 valence electrons. The molecule has 0 heterocycles. The van der Waals surface area contributed by atoms with Crippen LogP contribution in [-0.4, -0.2) is 30.6 Å². The van der Waals surface area contributed by atoms with Crippen LogP contribution in [0, 0.1) is 5.92 Å². The van der Waals surface area contributed by atoms with E-state index in [0.717, 1.165) is 11.1 Å². The number of halogens is 1. The molecular formula is C20H21ClN2O5. The van der Waals surface area contributed by atoms with Crippen molar-refractivity contribution in [1.82, 2.24) is 5.32 Å². The van der Waals surface area contributed by atoms with Crippen molar-refractivity contribution in [1.29, 1.82) is 0 Å². The van der Waals surface area contributed by atoms with Gasteiger partial charge in [-0.2, -0.15) is 0 Å². The average Bonchev–Trinajstić information content (AvgIpc) is 2.64. The number of benzene rings is 2. The molecule has 8 heteroatoms. The lowest BCUT2D eigenvalue weighted by Crippen LogP contribution is -2.46. The van der Waals surface area contributed by atoms with Gasteiger partial charge in [-0.15, -0.1) is 0 Å². The molecule has 7 nitrogen and oxygen atoms in total. The number of primary amides is 1. The number of carbonyl (C=O) groups is 3. The van der Waals surface area contributed by atoms with E-state index in [-0.39, 0.29) is 5.92 Å². The van der Waals surface area contributed by atoms with E-state index in [4.69, 9.17) is 26.8 Å². The number of esters is 1. The highest BCUT2D eigenvalue weighted by molar-refractivity contribution is 6.32. The van der Waals surface area contributed by atoms with E-state index in [1.807, 2.05) is 41.7 Å². The van der Waals surface area contributed by atoms with Crippen LogP contribution in [0.25, 0.3) is 11.1 Å². The van der Waals surface area contributed by atoms with Crippen molar-refractivity contribution in [2.75, 3.05) is 6.61 Å². The Kier molecular flexibility index (Phi) is 7.40. The maximum Gasteiger partial charge on any atom is 0.344 e. The Morgan fingerprint density at radius 3 is 2.32 bits per heavy atom. The van der Waals surface area contributed by atoms with Crippen molar-refractivity contribution in [3.63, 3.8) is 0 Å². The van der Waals surface area contributed by atoms with Gasteiger partial charge < -0.3 is 15.2 Å². The second-order valence-electron chi connectivity index (χ2n) is 6.31. The minimum Gasteiger partial charge on any atom is -0.480 e. The number of hydrogen-bond acceptors (Lipinski definition) is 5. The Morgan fingerprint density at radius 2 is 1.75 bits per heavy atom. The molecule has 1 atom stereocenters. The van der Waals surface area contributed by atoms with E-state index in [0.29, 0.717) is 10.8 Å². The maximum atomic E-state index is 12.0. The highest BCUT2D eigenvalue weighted by Crippen LogP contribution is 2.30. The molecule has 0 spiro atoms. The zero-order chi connectivity index (χ0) is 20.7. The van der Waals surface area contributed by atoms with Gasteiger partial charge in [-0.1, -0.05) is 61.8 Å². The fourth-order valence-corrected chi connectivity index (χ4v) is 2.66. The van der Waals surface area contributed by atoms with Crippen LogP contribution in [0.5, 0.6) is 5.75 Å². The Morgan fingerprint density at radius 1 is 1.07 bits per heavy atom. The molecule has 2 aromatic carbocycles. The maximum absolute atomic E-state index is 12.0. The van der Waals surface area contributed by atoms with Crippen molar-refractivity contribution in [2.24, 2.45) is 11.7 Å². The lowest BCUT2D eigenvalue weighted by Gasteiger charge is -2.20. The minimum absolute atomic E-state index is 0.306. The molecule has 0 bridgehead atoms. The number of nitrogens with one attached hydrogen (secondary N) is 1. The molecule has 0 radical (unpaired) electrons. The highest BCUT2D eigenvalue weighted by atomic mass is 35.5. The lowest BCUT2D eigenvalue weighted by atomic mass is 10.1. The van der Waals surface area contributed by atoms with E-state index in [1.165, 1.54) is 0 Å². The molecule has 0 aliphatic heterocycles. The van der Waals surface area contributed by atoms with Crippen LogP contribution in [-0.2, 0) is 14.3 Å². The molecule has 2 aromatic rings. The predicted octanol–water partition coefficient (Wildman–Crippen LogP) is 3.15. The molecular weight excluding hydrogens is 384 g/mol. The monoisotopic (exact) mass is 404 g/mol. The first-order chi connectivity index (χ1) is 13.3. The normalized spacial score (nSPS) is 11.6. The second kappa shape index (κ2) is 9.75. The summed E-state index contributed by atoms with van der Waals surface area (Å²) in [4.78, 5) is 34.7. The summed E-state index contributed by atoms with van der Waals surface area (Å²) in [5, 5.41) is 2.23. The number of nitrogens with two attached hydrogens (primary N) is 1. The van der Waals surface area contributed by atoms with E-state index in [9.17, 15) is 14.4 Å². The van der Waals surface area contributed by atoms with Gasteiger partial charge in [-0.3, -0.25) is 10.1 Å². The van der Waals surface area contributed by atoms with Gasteiger partial charge in [-0.05, 0) is 29.2 Å². The van der Waals surface area contributed by atoms with E-state index in [1.54, 1.807) is 26.0 Å². The van der Waals surface area contributed by atoms with Gasteiger partial charge >= 0.3 is 12.0 Å². The summed E-state index contributed by atoms with van der Waals surface area (Å²) in [7, 11) is 0. The third kappa shape index (κ3) is 5.99. The molecule has 3 amide bonds. The molecule has 3 N–H and O–H groups in total. The second-order valence-corrected chi connectivity index (χ2v) is 6.72. The number of ether oxygens (including phenoxy) is 2. The van der Waals surface area contributed by atoms with Crippen LogP contribution in [0.1, 0.15) is 13.8 Å². The lowest BCUT2D eigenvalue weighted by molar-refractivity contribution is -0.160. The minimum atomic E-state index is -1.17. The van der Waals surface area contributed by atoms with Gasteiger partial charge in [0.05, 0.1) is 5.02 Å². The summed E-state index contributed by atoms with van der Waals surface area (Å²) in [5.41, 5.74) is 6.82. The molecule has 28 heavy (non-hydrogen) atoms. The van der Waals surface area contributed by atoms with Crippen LogP contribution in [0.15, 0.2) is 48.5 Å². The average molecular weight is 405 g/mol. The first-order valence-electron chi connectivity index (χ1n) is 8.55. The standard InChI is InChI=1S/C20H21ClN2O5/c1-12(2)18(19(25)23-20(22)26)28-17(24)11-27-16-9-8-14(10-15(16)21)13-6-4-3-5-7-13/h3-10,12,18H,11H2,1-2H3,(H3,22,23,25,26)/t18-/m0/s1. The number of urea groups is 1. The Hall–Kier alpha value is -3.06. The highest BCUT2D eigenvalue weighted by Gasteiger charge is 2.27. The zero-order valence-electron chi connectivity index (χ0n) is 15.5. The summed E-state index contributed by atoms with van der Waals surface area (Å²) in [6.07, 6.45) is -1.17. The van der Waals surface area contributed by atoms with E-state index >= 15 is 0 Å². The quantitative estimate of drug-likeness (QED) is 0.689. The smallest absolute Gasteiger partial charge is 0.344 e. The topological polar surface area (TPSA) is 108 Å². The largest absolute Gasteiger partial charge is 0.480 e. The Labute approximate surface area is 167 Å². The summed E-state index contributed by atoms with van der Waals surface area (Å²) < 4.78 is 10.5. The van der Waals surface area contributed by atoms with Crippen LogP contribution < -0.4 is 15.8 Å². The molecule has 0 saturated heterocycles. The van der Waals surface area contributed by atoms with Crippen LogP contribution >= 0.6 is 11.6 Å². The van der Waals surface area contributed by atoms with Gasteiger partial charge in [0.2, 0.25) is 0 Å². The molecule has 0 unspecified atom stereocenters. The fraction of sp³-hybridized carbons (Fsp3) is 0.250. The first kappa shape index (κ1) is 21.2. The number of rotatable bonds is 7. The van der Waals surface area contributed by atoms with Gasteiger partial charge in [0.25, 0.3) is 5.91 Å². The van der Waals surface area contributed by atoms with Crippen LogP contribution in [0.4, 0.5) is 4.79 Å². The SMILES string of the molecule is CC(C)[C@H](OC(=O)COc1ccc(-c2ccccc2)cc1Cl)C(=O)NC(N)=O. The number of amides is 3. The number of imide groups is 1. The van der Waals surface area contributed by atoms with Crippen molar-refractivity contribution < 1.29 is 23.9 Å². The van der Waals surface area contributed by atoms with Crippen LogP contribution in [0.3, 0.4) is 0 Å². The van der Waals surface area contributed by atoms with Gasteiger partial charge in [0, 0.05) is 0 Å². The van der Waals surface area contributed by atoms with Crippen molar-refractivity contribution in [3.05, 3.63) is 53.6 Å². The van der Waals surface area contributed by atoms with E-state index in [2.05, 4.69) is 0 Å². The molecule has 0 fully saturated rings. The van der Waals surface area contributed by atoms with Gasteiger partial charge in [0.1, 0.15) is 5.75 Å². The van der Waals surface area contributed by atoms with Crippen LogP contribution in [0.2, 0.25) is 5.02 Å². The third-order valence-electron chi connectivity index (χ3n) is 3.75. The fourth-order valence-electron chi connectivity index (χ4n) is 2.43. The van der Waals surface area contributed by atoms with Gasteiger partial charge in [0.15, 0.2) is 12.7 Å². The molecule has 0 saturated carbocycles. The van der Waals surface area contributed by atoms with Crippen molar-refractivity contribution >= 4 is 29.5 Å². The first-order valence-corrected chi connectivity index (χ1v) is 8.93. The van der Waals surface area contributed by atoms with E-state index < -0.39 is 30.6 Å². The summed E-state index contributed by atoms with van der Waals surface area (Å²) in [6, 6.07) is 13.8. The Bertz CT molecular complexity index is 855. The number of hydrogen-bond donors (Lipinski definition) is 2. The predicted molar refractivity (Wildman–Crippen MR) is 105 cm³/mol. The third-order valence-corrected chi connectivity index (χ3v) is 4.05. The Balaban J connectivity index is 1.98. The summed E-state index contributed by atoms with van der Waals surface area (Å²) >= 11 is 6.23.